The molecule has 2 aromatic rings. The van der Waals surface area contributed by atoms with Crippen LogP contribution in [0.2, 0.25) is 0 Å². The lowest BCUT2D eigenvalue weighted by molar-refractivity contribution is -0.284. The summed E-state index contributed by atoms with van der Waals surface area (Å²) in [6.45, 7) is 2.60. The van der Waals surface area contributed by atoms with Crippen molar-refractivity contribution in [2.45, 2.75) is 94.6 Å². The smallest absolute Gasteiger partial charge is 0.453 e. The van der Waals surface area contributed by atoms with E-state index in [1.165, 1.54) is 0 Å². The molecule has 2 unspecified atom stereocenters. The Labute approximate surface area is 243 Å². The van der Waals surface area contributed by atoms with Crippen LogP contribution in [-0.2, 0) is 5.41 Å². The number of hydrogen-bond acceptors (Lipinski definition) is 4. The molecule has 0 saturated heterocycles. The average Bonchev–Trinajstić information content (AvgIpc) is 2.91. The molecule has 2 aromatic carbocycles. The molecule has 4 N–H and O–H groups in total. The van der Waals surface area contributed by atoms with Gasteiger partial charge in [-0.15, -0.1) is 0 Å². The van der Waals surface area contributed by atoms with Crippen LogP contribution in [0.25, 0.3) is 0 Å². The van der Waals surface area contributed by atoms with Crippen molar-refractivity contribution in [2.75, 3.05) is 19.7 Å². The fraction of sp³-hybridized carbons (Fsp3) is 0.581. The zero-order chi connectivity index (χ0) is 31.0. The fourth-order valence-electron chi connectivity index (χ4n) is 5.71. The number of nitrogens with zero attached hydrogens (tertiary/aromatic N) is 1. The van der Waals surface area contributed by atoms with Crippen molar-refractivity contribution in [3.05, 3.63) is 53.6 Å². The van der Waals surface area contributed by atoms with Crippen molar-refractivity contribution >= 4 is 6.03 Å². The Morgan fingerprint density at radius 3 is 2.10 bits per heavy atom. The highest BCUT2D eigenvalue weighted by atomic mass is 19.4. The molecule has 1 heterocycles. The van der Waals surface area contributed by atoms with Crippen LogP contribution in [0.3, 0.4) is 0 Å². The Bertz CT molecular complexity index is 1160. The van der Waals surface area contributed by atoms with Gasteiger partial charge in [0.15, 0.2) is 0 Å². The summed E-state index contributed by atoms with van der Waals surface area (Å²) in [5, 5.41) is 19.7. The Morgan fingerprint density at radius 1 is 0.905 bits per heavy atom. The molecule has 2 atom stereocenters. The minimum Gasteiger partial charge on any atom is -0.508 e. The molecule has 0 fully saturated rings. The van der Waals surface area contributed by atoms with Crippen molar-refractivity contribution in [3.8, 4) is 17.2 Å². The van der Waals surface area contributed by atoms with Gasteiger partial charge in [0, 0.05) is 36.9 Å². The van der Waals surface area contributed by atoms with Crippen LogP contribution in [0.4, 0.5) is 26.7 Å². The highest BCUT2D eigenvalue weighted by molar-refractivity contribution is 5.71. The summed E-state index contributed by atoms with van der Waals surface area (Å²) in [6.07, 6.45) is -0.285. The van der Waals surface area contributed by atoms with Crippen molar-refractivity contribution in [2.24, 2.45) is 5.73 Å². The van der Waals surface area contributed by atoms with Gasteiger partial charge < -0.3 is 25.6 Å². The maximum Gasteiger partial charge on any atom is 0.453 e. The first-order valence-electron chi connectivity index (χ1n) is 14.5. The SMILES string of the molecule is CC1(c2ccc(O)cc2)COc2cc(O)ccc2C1CCCCCCCCCN(CCCC(F)(F)C(F)(F)F)C(N)=O. The number of aromatic hydroxyl groups is 2. The van der Waals surface area contributed by atoms with Crippen LogP contribution < -0.4 is 10.5 Å². The predicted molar refractivity (Wildman–Crippen MR) is 150 cm³/mol. The summed E-state index contributed by atoms with van der Waals surface area (Å²) in [6, 6.07) is 11.6. The number of nitrogens with two attached hydrogens (primary N) is 1. The number of ether oxygens (including phenoxy) is 1. The van der Waals surface area contributed by atoms with Gasteiger partial charge in [0.05, 0.1) is 6.61 Å². The monoisotopic (exact) mass is 600 g/mol. The van der Waals surface area contributed by atoms with E-state index >= 15 is 0 Å². The number of hydrogen-bond donors (Lipinski definition) is 3. The summed E-state index contributed by atoms with van der Waals surface area (Å²) >= 11 is 0. The first-order valence-corrected chi connectivity index (χ1v) is 14.5. The molecule has 0 bridgehead atoms. The van der Waals surface area contributed by atoms with E-state index in [0.717, 1.165) is 61.0 Å². The number of benzene rings is 2. The molecule has 42 heavy (non-hydrogen) atoms. The predicted octanol–water partition coefficient (Wildman–Crippen LogP) is 8.01. The Morgan fingerprint density at radius 2 is 1.48 bits per heavy atom. The molecule has 3 rings (SSSR count). The second-order valence-electron chi connectivity index (χ2n) is 11.4. The summed E-state index contributed by atoms with van der Waals surface area (Å²) in [5.74, 6) is -3.58. The number of primary amides is 1. The van der Waals surface area contributed by atoms with E-state index in [0.29, 0.717) is 18.8 Å². The number of alkyl halides is 5. The van der Waals surface area contributed by atoms with Gasteiger partial charge in [0.2, 0.25) is 0 Å². The molecule has 0 radical (unpaired) electrons. The van der Waals surface area contributed by atoms with E-state index in [1.54, 1.807) is 24.3 Å². The molecule has 1 aliphatic rings. The zero-order valence-electron chi connectivity index (χ0n) is 23.9. The van der Waals surface area contributed by atoms with E-state index in [9.17, 15) is 37.0 Å². The Hall–Kier alpha value is -3.24. The lowest BCUT2D eigenvalue weighted by atomic mass is 9.66. The van der Waals surface area contributed by atoms with Gasteiger partial charge in [0.1, 0.15) is 17.2 Å². The maximum absolute atomic E-state index is 13.1. The van der Waals surface area contributed by atoms with E-state index < -0.39 is 31.0 Å². The van der Waals surface area contributed by atoms with Gasteiger partial charge >= 0.3 is 18.1 Å². The third kappa shape index (κ3) is 8.64. The number of urea groups is 1. The summed E-state index contributed by atoms with van der Waals surface area (Å²) in [7, 11) is 0. The molecule has 6 nitrogen and oxygen atoms in total. The van der Waals surface area contributed by atoms with E-state index in [4.69, 9.17) is 10.5 Å². The van der Waals surface area contributed by atoms with E-state index in [1.807, 2.05) is 18.2 Å². The van der Waals surface area contributed by atoms with Crippen molar-refractivity contribution in [1.82, 2.24) is 4.90 Å². The first kappa shape index (κ1) is 33.3. The van der Waals surface area contributed by atoms with Crippen LogP contribution >= 0.6 is 0 Å². The lowest BCUT2D eigenvalue weighted by Gasteiger charge is -2.43. The van der Waals surface area contributed by atoms with Gasteiger partial charge in [-0.25, -0.2) is 4.79 Å². The highest BCUT2D eigenvalue weighted by Crippen LogP contribution is 2.49. The molecule has 2 amide bonds. The average molecular weight is 601 g/mol. The molecular weight excluding hydrogens is 559 g/mol. The van der Waals surface area contributed by atoms with Crippen LogP contribution in [0.1, 0.15) is 88.2 Å². The van der Waals surface area contributed by atoms with Crippen LogP contribution in [0.5, 0.6) is 17.2 Å². The Kier molecular flexibility index (Phi) is 11.3. The van der Waals surface area contributed by atoms with Crippen LogP contribution in [0.15, 0.2) is 42.5 Å². The quantitative estimate of drug-likeness (QED) is 0.143. The third-order valence-electron chi connectivity index (χ3n) is 8.26. The number of unbranched alkanes of at least 4 members (excludes halogenated alkanes) is 6. The minimum absolute atomic E-state index is 0.155. The molecule has 11 heteroatoms. The molecule has 234 valence electrons. The fourth-order valence-corrected chi connectivity index (χ4v) is 5.71. The van der Waals surface area contributed by atoms with Crippen molar-refractivity contribution in [1.29, 1.82) is 0 Å². The molecule has 1 aliphatic heterocycles. The molecular formula is C31H41F5N2O4. The summed E-state index contributed by atoms with van der Waals surface area (Å²) in [4.78, 5) is 12.7. The number of carbonyl (C=O) groups is 1. The van der Waals surface area contributed by atoms with Crippen LogP contribution in [0, 0.1) is 0 Å². The number of phenols is 2. The van der Waals surface area contributed by atoms with Crippen molar-refractivity contribution < 1.29 is 41.7 Å². The van der Waals surface area contributed by atoms with Gasteiger partial charge in [-0.05, 0) is 48.6 Å². The third-order valence-corrected chi connectivity index (χ3v) is 8.26. The second kappa shape index (κ2) is 14.3. The molecule has 0 aromatic heterocycles. The van der Waals surface area contributed by atoms with Crippen molar-refractivity contribution in [3.63, 3.8) is 0 Å². The van der Waals surface area contributed by atoms with Gasteiger partial charge in [0.25, 0.3) is 0 Å². The number of rotatable bonds is 15. The normalized spacial score (nSPS) is 18.8. The highest BCUT2D eigenvalue weighted by Gasteiger charge is 2.56. The molecule has 0 spiro atoms. The number of amides is 2. The second-order valence-corrected chi connectivity index (χ2v) is 11.4. The van der Waals surface area contributed by atoms with E-state index in [2.05, 4.69) is 6.92 Å². The van der Waals surface area contributed by atoms with Gasteiger partial charge in [-0.1, -0.05) is 63.6 Å². The number of carbonyl (C=O) groups excluding carboxylic acids is 1. The number of halogens is 5. The first-order chi connectivity index (χ1) is 19.7. The number of phenolic OH excluding ortho intramolecular Hbond substituents is 2. The van der Waals surface area contributed by atoms with E-state index in [-0.39, 0.29) is 35.9 Å². The maximum atomic E-state index is 13.1. The summed E-state index contributed by atoms with van der Waals surface area (Å²) < 4.78 is 69.2. The Balaban J connectivity index is 1.41. The standard InChI is InChI=1S/C31H41F5N2O4/c1-29(22-11-13-23(39)14-12-22)21-42-27-20-24(40)15-16-25(27)26(29)10-7-5-3-2-4-6-8-18-38(28(37)41)19-9-17-30(32,33)31(34,35)36/h11-16,20,26,39-40H,2-10,17-19,21H2,1H3,(H2,37,41). The largest absolute Gasteiger partial charge is 0.508 e. The zero-order valence-corrected chi connectivity index (χ0v) is 23.9. The van der Waals surface area contributed by atoms with Gasteiger partial charge in [-0.3, -0.25) is 0 Å². The molecule has 0 saturated carbocycles. The van der Waals surface area contributed by atoms with Gasteiger partial charge in [-0.2, -0.15) is 22.0 Å². The topological polar surface area (TPSA) is 96.0 Å². The lowest BCUT2D eigenvalue weighted by Crippen LogP contribution is -2.40. The minimum atomic E-state index is -5.60. The molecule has 0 aliphatic carbocycles. The van der Waals surface area contributed by atoms with Crippen LogP contribution in [-0.4, -0.2) is 52.9 Å². The number of fused-ring (bicyclic) bond motifs is 1. The summed E-state index contributed by atoms with van der Waals surface area (Å²) in [5.41, 5.74) is 7.09.